The molecule has 0 spiro atoms. The molecule has 0 unspecified atom stereocenters. The molecular formula is C17H23NO2S. The maximum absolute atomic E-state index is 13.7. The number of nitrogens with zero attached hydrogens (tertiary/aromatic N) is 1. The van der Waals surface area contributed by atoms with Gasteiger partial charge < -0.3 is 5.11 Å². The third kappa shape index (κ3) is 2.00. The number of rotatable bonds is 2. The fourth-order valence-electron chi connectivity index (χ4n) is 4.25. The van der Waals surface area contributed by atoms with E-state index in [-0.39, 0.29) is 11.3 Å². The van der Waals surface area contributed by atoms with Crippen molar-refractivity contribution < 1.29 is 9.32 Å². The Morgan fingerprint density at radius 3 is 2.57 bits per heavy atom. The summed E-state index contributed by atoms with van der Waals surface area (Å²) in [7, 11) is -1.33. The molecule has 4 heteroatoms. The van der Waals surface area contributed by atoms with Crippen LogP contribution in [-0.2, 0) is 9.73 Å². The van der Waals surface area contributed by atoms with Crippen molar-refractivity contribution in [1.82, 2.24) is 0 Å². The van der Waals surface area contributed by atoms with Crippen molar-refractivity contribution in [2.45, 2.75) is 42.4 Å². The minimum atomic E-state index is -2.89. The van der Waals surface area contributed by atoms with Gasteiger partial charge in [-0.15, -0.1) is 0 Å². The number of hydrogen-bond donors (Lipinski definition) is 1. The van der Waals surface area contributed by atoms with E-state index in [1.807, 2.05) is 18.2 Å². The SMILES string of the molecule is C=C1C[C@@]2(C)CC[C@H]1[C@](O)([S@@](=O)(=NC)c1ccccc1)C2. The fourth-order valence-corrected chi connectivity index (χ4v) is 6.93. The van der Waals surface area contributed by atoms with Gasteiger partial charge in [0.1, 0.15) is 9.73 Å². The molecule has 0 aliphatic heterocycles. The van der Waals surface area contributed by atoms with Gasteiger partial charge in [0.15, 0.2) is 4.93 Å². The van der Waals surface area contributed by atoms with Crippen LogP contribution in [0.15, 0.2) is 51.7 Å². The summed E-state index contributed by atoms with van der Waals surface area (Å²) in [5, 5.41) is 11.4. The molecule has 1 aromatic carbocycles. The summed E-state index contributed by atoms with van der Waals surface area (Å²) >= 11 is 0. The van der Waals surface area contributed by atoms with Crippen LogP contribution in [0.1, 0.15) is 32.6 Å². The molecule has 4 rings (SSSR count). The van der Waals surface area contributed by atoms with Gasteiger partial charge in [0.05, 0.1) is 4.90 Å². The minimum absolute atomic E-state index is 0.0112. The summed E-state index contributed by atoms with van der Waals surface area (Å²) in [6.45, 7) is 6.32. The molecule has 3 saturated carbocycles. The van der Waals surface area contributed by atoms with Gasteiger partial charge >= 0.3 is 0 Å². The van der Waals surface area contributed by atoms with Crippen molar-refractivity contribution >= 4 is 9.73 Å². The Morgan fingerprint density at radius 1 is 1.38 bits per heavy atom. The summed E-state index contributed by atoms with van der Waals surface area (Å²) in [6, 6.07) is 9.19. The lowest BCUT2D eigenvalue weighted by Gasteiger charge is -2.55. The standard InChI is InChI=1S/C17H23NO2S/c1-13-11-16(2)10-9-15(13)17(19,12-16)21(20,18-3)14-7-5-4-6-8-14/h4-8,15,19H,1,9-12H2,2-3H3/t15-,16-,17-,21-/m1/s1. The molecule has 0 heterocycles. The Hall–Kier alpha value is -1.13. The highest BCUT2D eigenvalue weighted by molar-refractivity contribution is 7.94. The van der Waals surface area contributed by atoms with E-state index in [4.69, 9.17) is 0 Å². The van der Waals surface area contributed by atoms with Crippen molar-refractivity contribution in [2.75, 3.05) is 7.05 Å². The first-order valence-corrected chi connectivity index (χ1v) is 8.96. The Bertz CT molecular complexity index is 690. The zero-order valence-electron chi connectivity index (χ0n) is 12.7. The zero-order valence-corrected chi connectivity index (χ0v) is 13.5. The average molecular weight is 305 g/mol. The van der Waals surface area contributed by atoms with Gasteiger partial charge in [-0.05, 0) is 43.2 Å². The fraction of sp³-hybridized carbons (Fsp3) is 0.529. The van der Waals surface area contributed by atoms with Crippen LogP contribution in [-0.4, -0.2) is 21.3 Å². The molecule has 3 nitrogen and oxygen atoms in total. The van der Waals surface area contributed by atoms with Crippen LogP contribution >= 0.6 is 0 Å². The van der Waals surface area contributed by atoms with E-state index in [1.165, 1.54) is 0 Å². The second-order valence-corrected chi connectivity index (χ2v) is 9.38. The van der Waals surface area contributed by atoms with E-state index in [2.05, 4.69) is 17.9 Å². The van der Waals surface area contributed by atoms with Crippen LogP contribution in [0.3, 0.4) is 0 Å². The van der Waals surface area contributed by atoms with Gasteiger partial charge in [0.2, 0.25) is 0 Å². The van der Waals surface area contributed by atoms with Crippen molar-refractivity contribution in [1.29, 1.82) is 0 Å². The number of benzene rings is 1. The smallest absolute Gasteiger partial charge is 0.158 e. The predicted octanol–water partition coefficient (Wildman–Crippen LogP) is 3.60. The quantitative estimate of drug-likeness (QED) is 0.849. The number of aliphatic hydroxyl groups is 1. The topological polar surface area (TPSA) is 49.7 Å². The summed E-state index contributed by atoms with van der Waals surface area (Å²) in [6.07, 6.45) is 3.38. The molecule has 2 bridgehead atoms. The summed E-state index contributed by atoms with van der Waals surface area (Å²) < 4.78 is 17.9. The van der Waals surface area contributed by atoms with Gasteiger partial charge in [0.25, 0.3) is 0 Å². The van der Waals surface area contributed by atoms with Crippen LogP contribution in [0.5, 0.6) is 0 Å². The molecule has 4 atom stereocenters. The Labute approximate surface area is 127 Å². The molecule has 1 N–H and O–H groups in total. The first-order chi connectivity index (χ1) is 9.85. The van der Waals surface area contributed by atoms with E-state index >= 15 is 0 Å². The second kappa shape index (κ2) is 4.68. The molecule has 1 aromatic rings. The van der Waals surface area contributed by atoms with E-state index in [0.29, 0.717) is 11.3 Å². The highest BCUT2D eigenvalue weighted by Crippen LogP contribution is 2.59. The third-order valence-corrected chi connectivity index (χ3v) is 8.02. The second-order valence-electron chi connectivity index (χ2n) is 6.78. The molecule has 0 aromatic heterocycles. The van der Waals surface area contributed by atoms with Gasteiger partial charge in [-0.3, -0.25) is 0 Å². The van der Waals surface area contributed by atoms with Crippen LogP contribution < -0.4 is 0 Å². The lowest BCUT2D eigenvalue weighted by atomic mass is 9.58. The molecule has 21 heavy (non-hydrogen) atoms. The summed E-state index contributed by atoms with van der Waals surface area (Å²) in [4.78, 5) is -0.676. The molecular weight excluding hydrogens is 282 g/mol. The van der Waals surface area contributed by atoms with E-state index in [9.17, 15) is 9.32 Å². The average Bonchev–Trinajstić information content (AvgIpc) is 2.46. The third-order valence-electron chi connectivity index (χ3n) is 5.21. The van der Waals surface area contributed by atoms with E-state index < -0.39 is 14.7 Å². The maximum atomic E-state index is 13.7. The molecule has 3 aliphatic carbocycles. The van der Waals surface area contributed by atoms with Crippen LogP contribution in [0.4, 0.5) is 0 Å². The predicted molar refractivity (Wildman–Crippen MR) is 85.4 cm³/mol. The number of hydrogen-bond acceptors (Lipinski definition) is 3. The number of fused-ring (bicyclic) bond motifs is 3. The largest absolute Gasteiger partial charge is 0.375 e. The molecule has 3 aliphatic rings. The zero-order chi connectivity index (χ0) is 15.3. The Kier molecular flexibility index (Phi) is 3.30. The minimum Gasteiger partial charge on any atom is -0.375 e. The molecule has 114 valence electrons. The highest BCUT2D eigenvalue weighted by Gasteiger charge is 2.58. The summed E-state index contributed by atoms with van der Waals surface area (Å²) in [5.74, 6) is -0.115. The molecule has 3 fully saturated rings. The lowest BCUT2D eigenvalue weighted by Crippen LogP contribution is -2.56. The van der Waals surface area contributed by atoms with Crippen molar-refractivity contribution in [3.8, 4) is 0 Å². The van der Waals surface area contributed by atoms with Crippen LogP contribution in [0, 0.1) is 11.3 Å². The van der Waals surface area contributed by atoms with Gasteiger partial charge in [-0.1, -0.05) is 37.3 Å². The van der Waals surface area contributed by atoms with Crippen molar-refractivity contribution in [3.05, 3.63) is 42.5 Å². The molecule has 0 saturated heterocycles. The Balaban J connectivity index is 2.18. The van der Waals surface area contributed by atoms with Crippen LogP contribution in [0.2, 0.25) is 0 Å². The van der Waals surface area contributed by atoms with Gasteiger partial charge in [0, 0.05) is 13.0 Å². The monoisotopic (exact) mass is 305 g/mol. The van der Waals surface area contributed by atoms with E-state index in [0.717, 1.165) is 24.8 Å². The van der Waals surface area contributed by atoms with Crippen molar-refractivity contribution in [3.63, 3.8) is 0 Å². The van der Waals surface area contributed by atoms with Gasteiger partial charge in [-0.2, -0.15) is 0 Å². The van der Waals surface area contributed by atoms with E-state index in [1.54, 1.807) is 19.2 Å². The van der Waals surface area contributed by atoms with Gasteiger partial charge in [-0.25, -0.2) is 8.57 Å². The Morgan fingerprint density at radius 2 is 2.05 bits per heavy atom. The van der Waals surface area contributed by atoms with Crippen LogP contribution in [0.25, 0.3) is 0 Å². The molecule has 0 amide bonds. The normalized spacial score (nSPS) is 38.0. The molecule has 0 radical (unpaired) electrons. The highest BCUT2D eigenvalue weighted by atomic mass is 32.2. The van der Waals surface area contributed by atoms with Crippen molar-refractivity contribution in [2.24, 2.45) is 15.7 Å². The summed E-state index contributed by atoms with van der Waals surface area (Å²) in [5.41, 5.74) is 1.02. The first-order valence-electron chi connectivity index (χ1n) is 7.45. The lowest BCUT2D eigenvalue weighted by molar-refractivity contribution is -0.0401. The maximum Gasteiger partial charge on any atom is 0.158 e. The first kappa shape index (κ1) is 14.8.